The van der Waals surface area contributed by atoms with E-state index in [-0.39, 0.29) is 11.9 Å². The first kappa shape index (κ1) is 13.8. The van der Waals surface area contributed by atoms with Gasteiger partial charge in [-0.25, -0.2) is 4.98 Å². The number of anilines is 1. The molecule has 0 aliphatic carbocycles. The minimum absolute atomic E-state index is 0.108. The Morgan fingerprint density at radius 3 is 2.81 bits per heavy atom. The van der Waals surface area contributed by atoms with Crippen molar-refractivity contribution in [1.82, 2.24) is 15.2 Å². The van der Waals surface area contributed by atoms with Crippen molar-refractivity contribution in [2.45, 2.75) is 18.9 Å². The van der Waals surface area contributed by atoms with Crippen LogP contribution in [-0.2, 0) is 4.79 Å². The van der Waals surface area contributed by atoms with Crippen molar-refractivity contribution in [3.63, 3.8) is 0 Å². The van der Waals surface area contributed by atoms with Gasteiger partial charge in [0.25, 0.3) is 0 Å². The number of piperazine rings is 1. The minimum atomic E-state index is -0.108. The molecule has 0 aromatic carbocycles. The lowest BCUT2D eigenvalue weighted by Gasteiger charge is -2.33. The number of aromatic nitrogens is 1. The van der Waals surface area contributed by atoms with Crippen LogP contribution in [0, 0.1) is 11.3 Å². The number of nitrogens with one attached hydrogen (secondary N) is 1. The summed E-state index contributed by atoms with van der Waals surface area (Å²) in [5, 5.41) is 12.1. The molecule has 0 radical (unpaired) electrons. The fourth-order valence-corrected chi connectivity index (χ4v) is 3.02. The third-order valence-electron chi connectivity index (χ3n) is 4.14. The van der Waals surface area contributed by atoms with Crippen LogP contribution in [-0.4, -0.2) is 54.6 Å². The zero-order valence-electron chi connectivity index (χ0n) is 12.0. The van der Waals surface area contributed by atoms with Gasteiger partial charge in [-0.3, -0.25) is 4.79 Å². The smallest absolute Gasteiger partial charge is 0.245 e. The van der Waals surface area contributed by atoms with Crippen molar-refractivity contribution in [2.24, 2.45) is 0 Å². The predicted octanol–water partition coefficient (Wildman–Crippen LogP) is 0.354. The van der Waals surface area contributed by atoms with E-state index in [1.165, 1.54) is 0 Å². The summed E-state index contributed by atoms with van der Waals surface area (Å²) in [5.74, 6) is 1.00. The first-order chi connectivity index (χ1) is 10.3. The number of nitriles is 1. The number of rotatable bonds is 2. The van der Waals surface area contributed by atoms with Gasteiger partial charge < -0.3 is 15.1 Å². The van der Waals surface area contributed by atoms with Gasteiger partial charge in [-0.2, -0.15) is 5.26 Å². The lowest BCUT2D eigenvalue weighted by atomic mass is 10.1. The fraction of sp³-hybridized carbons (Fsp3) is 0.533. The summed E-state index contributed by atoms with van der Waals surface area (Å²) < 4.78 is 0. The van der Waals surface area contributed by atoms with Crippen LogP contribution >= 0.6 is 0 Å². The van der Waals surface area contributed by atoms with E-state index in [0.717, 1.165) is 51.4 Å². The number of hydrogen-bond acceptors (Lipinski definition) is 5. The monoisotopic (exact) mass is 285 g/mol. The van der Waals surface area contributed by atoms with Gasteiger partial charge in [-0.15, -0.1) is 0 Å². The van der Waals surface area contributed by atoms with Crippen LogP contribution in [0.3, 0.4) is 0 Å². The normalized spacial score (nSPS) is 22.1. The van der Waals surface area contributed by atoms with Crippen LogP contribution in [0.15, 0.2) is 18.3 Å². The number of carbonyl (C=O) groups is 1. The van der Waals surface area contributed by atoms with Crippen molar-refractivity contribution in [3.05, 3.63) is 23.9 Å². The molecule has 3 heterocycles. The van der Waals surface area contributed by atoms with Gasteiger partial charge in [0.1, 0.15) is 17.9 Å². The summed E-state index contributed by atoms with van der Waals surface area (Å²) in [6.45, 7) is 4.15. The second-order valence-electron chi connectivity index (χ2n) is 5.44. The summed E-state index contributed by atoms with van der Waals surface area (Å²) in [7, 11) is 0. The van der Waals surface area contributed by atoms with Crippen LogP contribution in [0.1, 0.15) is 18.4 Å². The third-order valence-corrected chi connectivity index (χ3v) is 4.14. The molecule has 0 bridgehead atoms. The Balaban J connectivity index is 1.75. The van der Waals surface area contributed by atoms with E-state index in [2.05, 4.69) is 21.3 Å². The Labute approximate surface area is 124 Å². The molecule has 0 saturated carbocycles. The Morgan fingerprint density at radius 2 is 2.14 bits per heavy atom. The van der Waals surface area contributed by atoms with E-state index in [4.69, 9.17) is 5.26 Å². The highest BCUT2D eigenvalue weighted by atomic mass is 16.2. The number of nitrogens with zero attached hydrogens (tertiary/aromatic N) is 4. The zero-order valence-corrected chi connectivity index (χ0v) is 12.0. The van der Waals surface area contributed by atoms with Crippen LogP contribution < -0.4 is 10.2 Å². The van der Waals surface area contributed by atoms with Gasteiger partial charge >= 0.3 is 0 Å². The molecule has 2 saturated heterocycles. The Bertz CT molecular complexity index is 544. The highest BCUT2D eigenvalue weighted by Crippen LogP contribution is 2.25. The highest BCUT2D eigenvalue weighted by molar-refractivity contribution is 5.85. The summed E-state index contributed by atoms with van der Waals surface area (Å²) in [4.78, 5) is 21.0. The molecular formula is C15H19N5O. The lowest BCUT2D eigenvalue weighted by Crippen LogP contribution is -2.52. The van der Waals surface area contributed by atoms with Crippen LogP contribution in [0.4, 0.5) is 5.82 Å². The van der Waals surface area contributed by atoms with E-state index >= 15 is 0 Å². The lowest BCUT2D eigenvalue weighted by molar-refractivity contribution is -0.133. The molecule has 110 valence electrons. The second-order valence-corrected chi connectivity index (χ2v) is 5.44. The fourth-order valence-electron chi connectivity index (χ4n) is 3.02. The standard InChI is InChI=1S/C15H19N5O/c16-10-12-3-4-14(18-11-12)20-7-1-2-13(20)15(21)19-8-5-17-6-9-19/h3-4,11,13,17H,1-2,5-9H2. The van der Waals surface area contributed by atoms with E-state index in [0.29, 0.717) is 5.56 Å². The molecule has 2 aliphatic heterocycles. The van der Waals surface area contributed by atoms with Crippen molar-refractivity contribution < 1.29 is 4.79 Å². The number of hydrogen-bond donors (Lipinski definition) is 1. The molecule has 2 aliphatic rings. The largest absolute Gasteiger partial charge is 0.345 e. The Hall–Kier alpha value is -2.13. The van der Waals surface area contributed by atoms with E-state index in [1.54, 1.807) is 12.3 Å². The predicted molar refractivity (Wildman–Crippen MR) is 78.8 cm³/mol. The Kier molecular flexibility index (Phi) is 4.02. The molecule has 1 unspecified atom stereocenters. The molecule has 1 amide bonds. The summed E-state index contributed by atoms with van der Waals surface area (Å²) in [5.41, 5.74) is 0.544. The van der Waals surface area contributed by atoms with E-state index < -0.39 is 0 Å². The van der Waals surface area contributed by atoms with E-state index in [1.807, 2.05) is 11.0 Å². The average Bonchev–Trinajstić information content (AvgIpc) is 3.04. The van der Waals surface area contributed by atoms with Crippen molar-refractivity contribution in [3.8, 4) is 6.07 Å². The molecule has 1 N–H and O–H groups in total. The van der Waals surface area contributed by atoms with Gasteiger partial charge in [0.15, 0.2) is 0 Å². The number of pyridine rings is 1. The van der Waals surface area contributed by atoms with Gasteiger partial charge in [0.05, 0.1) is 5.56 Å². The third kappa shape index (κ3) is 2.83. The number of carbonyl (C=O) groups excluding carboxylic acids is 1. The zero-order chi connectivity index (χ0) is 14.7. The minimum Gasteiger partial charge on any atom is -0.345 e. The van der Waals surface area contributed by atoms with Crippen molar-refractivity contribution >= 4 is 11.7 Å². The maximum Gasteiger partial charge on any atom is 0.245 e. The van der Waals surface area contributed by atoms with Crippen LogP contribution in [0.2, 0.25) is 0 Å². The van der Waals surface area contributed by atoms with Crippen LogP contribution in [0.25, 0.3) is 0 Å². The maximum absolute atomic E-state index is 12.7. The number of amides is 1. The Morgan fingerprint density at radius 1 is 1.33 bits per heavy atom. The molecule has 6 nitrogen and oxygen atoms in total. The highest BCUT2D eigenvalue weighted by Gasteiger charge is 2.34. The average molecular weight is 285 g/mol. The second kappa shape index (κ2) is 6.10. The summed E-state index contributed by atoms with van der Waals surface area (Å²) in [6, 6.07) is 5.55. The summed E-state index contributed by atoms with van der Waals surface area (Å²) >= 11 is 0. The molecule has 1 aromatic heterocycles. The quantitative estimate of drug-likeness (QED) is 0.849. The molecule has 6 heteroatoms. The first-order valence-corrected chi connectivity index (χ1v) is 7.42. The summed E-state index contributed by atoms with van der Waals surface area (Å²) in [6.07, 6.45) is 3.45. The first-order valence-electron chi connectivity index (χ1n) is 7.42. The molecule has 2 fully saturated rings. The van der Waals surface area contributed by atoms with Crippen LogP contribution in [0.5, 0.6) is 0 Å². The van der Waals surface area contributed by atoms with Gasteiger partial charge in [0.2, 0.25) is 5.91 Å². The SMILES string of the molecule is N#Cc1ccc(N2CCCC2C(=O)N2CCNCC2)nc1. The maximum atomic E-state index is 12.7. The van der Waals surface area contributed by atoms with Crippen molar-refractivity contribution in [2.75, 3.05) is 37.6 Å². The molecule has 21 heavy (non-hydrogen) atoms. The molecular weight excluding hydrogens is 266 g/mol. The van der Waals surface area contributed by atoms with Crippen molar-refractivity contribution in [1.29, 1.82) is 5.26 Å². The van der Waals surface area contributed by atoms with Gasteiger partial charge in [-0.1, -0.05) is 0 Å². The van der Waals surface area contributed by atoms with E-state index in [9.17, 15) is 4.79 Å². The molecule has 1 atom stereocenters. The molecule has 1 aromatic rings. The topological polar surface area (TPSA) is 72.3 Å². The molecule has 0 spiro atoms. The molecule has 3 rings (SSSR count). The van der Waals surface area contributed by atoms with Gasteiger partial charge in [-0.05, 0) is 25.0 Å². The van der Waals surface area contributed by atoms with Gasteiger partial charge in [0, 0.05) is 38.9 Å².